The van der Waals surface area contributed by atoms with Gasteiger partial charge < -0.3 is 5.32 Å². The summed E-state index contributed by atoms with van der Waals surface area (Å²) >= 11 is 0. The van der Waals surface area contributed by atoms with Crippen molar-refractivity contribution >= 4 is 5.91 Å². The van der Waals surface area contributed by atoms with Crippen molar-refractivity contribution in [1.29, 1.82) is 0 Å². The zero-order valence-electron chi connectivity index (χ0n) is 10.7. The standard InChI is InChI=1S/C15H21NO/c1-11-6-8-13(9-7-11)15(17)16-14-5-3-4-12(2)10-14/h6-9,12,14H,3-5,10H2,1-2H3,(H,16,17)/t12-,14-/m1/s1. The van der Waals surface area contributed by atoms with E-state index in [4.69, 9.17) is 0 Å². The van der Waals surface area contributed by atoms with Crippen LogP contribution in [0.1, 0.15) is 48.5 Å². The molecule has 0 heterocycles. The number of rotatable bonds is 2. The molecule has 1 saturated carbocycles. The van der Waals surface area contributed by atoms with Crippen molar-refractivity contribution in [1.82, 2.24) is 5.32 Å². The molecule has 0 aromatic heterocycles. The first-order valence-corrected chi connectivity index (χ1v) is 6.52. The molecule has 1 aliphatic carbocycles. The molecule has 1 fully saturated rings. The Morgan fingerprint density at radius 1 is 1.24 bits per heavy atom. The predicted molar refractivity (Wildman–Crippen MR) is 70.1 cm³/mol. The molecule has 2 heteroatoms. The number of nitrogens with one attached hydrogen (secondary N) is 1. The number of aryl methyl sites for hydroxylation is 1. The Hall–Kier alpha value is -1.31. The summed E-state index contributed by atoms with van der Waals surface area (Å²) in [5.41, 5.74) is 1.96. The third kappa shape index (κ3) is 3.32. The van der Waals surface area contributed by atoms with Crippen molar-refractivity contribution in [2.24, 2.45) is 5.92 Å². The molecule has 0 unspecified atom stereocenters. The van der Waals surface area contributed by atoms with Crippen molar-refractivity contribution < 1.29 is 4.79 Å². The van der Waals surface area contributed by atoms with Crippen LogP contribution in [0.2, 0.25) is 0 Å². The van der Waals surface area contributed by atoms with Gasteiger partial charge in [-0.05, 0) is 37.8 Å². The van der Waals surface area contributed by atoms with Gasteiger partial charge in [0.15, 0.2) is 0 Å². The smallest absolute Gasteiger partial charge is 0.251 e. The summed E-state index contributed by atoms with van der Waals surface area (Å²) < 4.78 is 0. The number of carbonyl (C=O) groups is 1. The summed E-state index contributed by atoms with van der Waals surface area (Å²) in [6.45, 7) is 4.30. The van der Waals surface area contributed by atoms with Gasteiger partial charge in [0, 0.05) is 11.6 Å². The summed E-state index contributed by atoms with van der Waals surface area (Å²) in [6, 6.07) is 8.14. The highest BCUT2D eigenvalue weighted by Gasteiger charge is 2.20. The second-order valence-corrected chi connectivity index (χ2v) is 5.31. The molecule has 0 radical (unpaired) electrons. The van der Waals surface area contributed by atoms with E-state index >= 15 is 0 Å². The van der Waals surface area contributed by atoms with E-state index in [9.17, 15) is 4.79 Å². The molecule has 1 amide bonds. The minimum absolute atomic E-state index is 0.0732. The lowest BCUT2D eigenvalue weighted by molar-refractivity contribution is 0.0921. The Balaban J connectivity index is 1.94. The lowest BCUT2D eigenvalue weighted by Crippen LogP contribution is -2.37. The van der Waals surface area contributed by atoms with E-state index in [1.54, 1.807) is 0 Å². The van der Waals surface area contributed by atoms with E-state index in [1.165, 1.54) is 18.4 Å². The number of amides is 1. The summed E-state index contributed by atoms with van der Waals surface area (Å²) in [6.07, 6.45) is 4.79. The fourth-order valence-electron chi connectivity index (χ4n) is 2.54. The van der Waals surface area contributed by atoms with Gasteiger partial charge in [-0.2, -0.15) is 0 Å². The predicted octanol–water partition coefficient (Wildman–Crippen LogP) is 3.30. The molecular formula is C15H21NO. The molecule has 2 nitrogen and oxygen atoms in total. The number of hydrogen-bond donors (Lipinski definition) is 1. The van der Waals surface area contributed by atoms with Gasteiger partial charge >= 0.3 is 0 Å². The fourth-order valence-corrected chi connectivity index (χ4v) is 2.54. The molecule has 0 aliphatic heterocycles. The second kappa shape index (κ2) is 5.35. The Labute approximate surface area is 103 Å². The van der Waals surface area contributed by atoms with Gasteiger partial charge in [0.05, 0.1) is 0 Å². The molecule has 2 atom stereocenters. The number of carbonyl (C=O) groups excluding carboxylic acids is 1. The van der Waals surface area contributed by atoms with E-state index < -0.39 is 0 Å². The van der Waals surface area contributed by atoms with Gasteiger partial charge in [-0.15, -0.1) is 0 Å². The van der Waals surface area contributed by atoms with Crippen molar-refractivity contribution in [2.45, 2.75) is 45.6 Å². The van der Waals surface area contributed by atoms with Crippen molar-refractivity contribution in [2.75, 3.05) is 0 Å². The maximum absolute atomic E-state index is 12.0. The maximum Gasteiger partial charge on any atom is 0.251 e. The zero-order valence-corrected chi connectivity index (χ0v) is 10.7. The highest BCUT2D eigenvalue weighted by molar-refractivity contribution is 5.94. The Morgan fingerprint density at radius 3 is 2.59 bits per heavy atom. The molecule has 0 bridgehead atoms. The van der Waals surface area contributed by atoms with E-state index in [0.717, 1.165) is 24.3 Å². The maximum atomic E-state index is 12.0. The summed E-state index contributed by atoms with van der Waals surface area (Å²) in [5.74, 6) is 0.816. The van der Waals surface area contributed by atoms with Crippen LogP contribution in [0.5, 0.6) is 0 Å². The molecule has 1 N–H and O–H groups in total. The van der Waals surface area contributed by atoms with E-state index in [2.05, 4.69) is 12.2 Å². The highest BCUT2D eigenvalue weighted by Crippen LogP contribution is 2.23. The monoisotopic (exact) mass is 231 g/mol. The first kappa shape index (κ1) is 12.2. The van der Waals surface area contributed by atoms with Gasteiger partial charge in [-0.25, -0.2) is 0 Å². The lowest BCUT2D eigenvalue weighted by atomic mass is 9.87. The number of benzene rings is 1. The minimum Gasteiger partial charge on any atom is -0.349 e. The third-order valence-electron chi connectivity index (χ3n) is 3.59. The van der Waals surface area contributed by atoms with Crippen LogP contribution < -0.4 is 5.32 Å². The van der Waals surface area contributed by atoms with Crippen LogP contribution in [0.15, 0.2) is 24.3 Å². The Kier molecular flexibility index (Phi) is 3.82. The summed E-state index contributed by atoms with van der Waals surface area (Å²) in [4.78, 5) is 12.0. The van der Waals surface area contributed by atoms with Crippen LogP contribution in [0.3, 0.4) is 0 Å². The quantitative estimate of drug-likeness (QED) is 0.831. The minimum atomic E-state index is 0.0732. The second-order valence-electron chi connectivity index (χ2n) is 5.31. The average molecular weight is 231 g/mol. The molecule has 2 rings (SSSR count). The van der Waals surface area contributed by atoms with Crippen LogP contribution in [-0.4, -0.2) is 11.9 Å². The third-order valence-corrected chi connectivity index (χ3v) is 3.59. The van der Waals surface area contributed by atoms with Crippen LogP contribution in [-0.2, 0) is 0 Å². The zero-order chi connectivity index (χ0) is 12.3. The van der Waals surface area contributed by atoms with Crippen LogP contribution >= 0.6 is 0 Å². The van der Waals surface area contributed by atoms with E-state index in [0.29, 0.717) is 6.04 Å². The van der Waals surface area contributed by atoms with Crippen molar-refractivity contribution in [3.05, 3.63) is 35.4 Å². The molecule has 0 spiro atoms. The van der Waals surface area contributed by atoms with E-state index in [-0.39, 0.29) is 5.91 Å². The van der Waals surface area contributed by atoms with Gasteiger partial charge in [0.1, 0.15) is 0 Å². The van der Waals surface area contributed by atoms with Gasteiger partial charge in [0.2, 0.25) is 0 Å². The van der Waals surface area contributed by atoms with Crippen molar-refractivity contribution in [3.8, 4) is 0 Å². The first-order valence-electron chi connectivity index (χ1n) is 6.52. The largest absolute Gasteiger partial charge is 0.349 e. The van der Waals surface area contributed by atoms with Gasteiger partial charge in [-0.3, -0.25) is 4.79 Å². The Bertz CT molecular complexity index is 382. The van der Waals surface area contributed by atoms with Crippen molar-refractivity contribution in [3.63, 3.8) is 0 Å². The van der Waals surface area contributed by atoms with Gasteiger partial charge in [-0.1, -0.05) is 37.5 Å². The van der Waals surface area contributed by atoms with Gasteiger partial charge in [0.25, 0.3) is 5.91 Å². The molecule has 17 heavy (non-hydrogen) atoms. The lowest BCUT2D eigenvalue weighted by Gasteiger charge is -2.27. The van der Waals surface area contributed by atoms with E-state index in [1.807, 2.05) is 31.2 Å². The molecule has 1 aromatic carbocycles. The molecule has 1 aliphatic rings. The molecular weight excluding hydrogens is 210 g/mol. The summed E-state index contributed by atoms with van der Waals surface area (Å²) in [7, 11) is 0. The topological polar surface area (TPSA) is 29.1 Å². The summed E-state index contributed by atoms with van der Waals surface area (Å²) in [5, 5.41) is 3.15. The van der Waals surface area contributed by atoms with Crippen LogP contribution in [0.4, 0.5) is 0 Å². The SMILES string of the molecule is Cc1ccc(C(=O)N[C@@H]2CCC[C@@H](C)C2)cc1. The molecule has 92 valence electrons. The average Bonchev–Trinajstić information content (AvgIpc) is 2.29. The highest BCUT2D eigenvalue weighted by atomic mass is 16.1. The molecule has 1 aromatic rings. The Morgan fingerprint density at radius 2 is 1.94 bits per heavy atom. The van der Waals surface area contributed by atoms with Crippen LogP contribution in [0.25, 0.3) is 0 Å². The first-order chi connectivity index (χ1) is 8.15. The number of hydrogen-bond acceptors (Lipinski definition) is 1. The fraction of sp³-hybridized carbons (Fsp3) is 0.533. The van der Waals surface area contributed by atoms with Crippen LogP contribution in [0, 0.1) is 12.8 Å². The molecule has 0 saturated heterocycles. The normalized spacial score (nSPS) is 24.4.